The summed E-state index contributed by atoms with van der Waals surface area (Å²) in [5, 5.41) is 3.45. The number of halogens is 1. The normalized spacial score (nSPS) is 12.4. The van der Waals surface area contributed by atoms with Crippen molar-refractivity contribution in [1.82, 2.24) is 5.32 Å². The Bertz CT molecular complexity index is 497. The number of furan rings is 1. The number of methoxy groups -OCH3 is 1. The van der Waals surface area contributed by atoms with Crippen LogP contribution in [0.25, 0.3) is 0 Å². The molecule has 1 N–H and O–H groups in total. The average molecular weight is 310 g/mol. The molecule has 0 radical (unpaired) electrons. The van der Waals surface area contributed by atoms with Gasteiger partial charge in [-0.2, -0.15) is 0 Å². The van der Waals surface area contributed by atoms with Crippen molar-refractivity contribution >= 4 is 15.9 Å². The van der Waals surface area contributed by atoms with Crippen LogP contribution in [0.4, 0.5) is 0 Å². The maximum absolute atomic E-state index is 5.28. The number of hydrogen-bond donors (Lipinski definition) is 1. The van der Waals surface area contributed by atoms with Crippen LogP contribution < -0.4 is 10.1 Å². The highest BCUT2D eigenvalue weighted by Crippen LogP contribution is 2.31. The Balaban J connectivity index is 2.42. The van der Waals surface area contributed by atoms with Crippen LogP contribution in [0.3, 0.4) is 0 Å². The van der Waals surface area contributed by atoms with E-state index >= 15 is 0 Å². The van der Waals surface area contributed by atoms with Crippen molar-refractivity contribution in [1.29, 1.82) is 0 Å². The van der Waals surface area contributed by atoms with Gasteiger partial charge in [0.1, 0.15) is 5.75 Å². The summed E-state index contributed by atoms with van der Waals surface area (Å²) >= 11 is 3.59. The first-order valence-electron chi connectivity index (χ1n) is 5.85. The van der Waals surface area contributed by atoms with Crippen LogP contribution in [0.15, 0.2) is 45.7 Å². The summed E-state index contributed by atoms with van der Waals surface area (Å²) in [6.07, 6.45) is 3.45. The summed E-state index contributed by atoms with van der Waals surface area (Å²) in [5.74, 6) is 0.847. The lowest BCUT2D eigenvalue weighted by Gasteiger charge is -2.19. The van der Waals surface area contributed by atoms with Crippen LogP contribution in [0, 0.1) is 0 Å². The van der Waals surface area contributed by atoms with Gasteiger partial charge < -0.3 is 14.5 Å². The fourth-order valence-corrected chi connectivity index (χ4v) is 2.40. The molecule has 0 amide bonds. The van der Waals surface area contributed by atoms with Crippen LogP contribution in [-0.4, -0.2) is 13.7 Å². The molecule has 0 fully saturated rings. The second-order valence-corrected chi connectivity index (χ2v) is 4.79. The predicted molar refractivity (Wildman–Crippen MR) is 74.9 cm³/mol. The van der Waals surface area contributed by atoms with Crippen LogP contribution in [0.2, 0.25) is 0 Å². The van der Waals surface area contributed by atoms with Gasteiger partial charge in [-0.25, -0.2) is 0 Å². The van der Waals surface area contributed by atoms with Crippen molar-refractivity contribution in [2.75, 3.05) is 13.7 Å². The van der Waals surface area contributed by atoms with Gasteiger partial charge in [0.25, 0.3) is 0 Å². The Morgan fingerprint density at radius 3 is 2.83 bits per heavy atom. The van der Waals surface area contributed by atoms with E-state index in [1.807, 2.05) is 24.3 Å². The Morgan fingerprint density at radius 1 is 1.39 bits per heavy atom. The van der Waals surface area contributed by atoms with E-state index in [-0.39, 0.29) is 6.04 Å². The standard InChI is InChI=1S/C14H16BrNO2/c1-3-16-14(10-6-7-18-9-10)12-8-11(17-2)4-5-13(12)15/h4-9,14,16H,3H2,1-2H3. The molecule has 0 aliphatic heterocycles. The second kappa shape index (κ2) is 6.07. The van der Waals surface area contributed by atoms with E-state index < -0.39 is 0 Å². The molecular formula is C14H16BrNO2. The monoisotopic (exact) mass is 309 g/mol. The van der Waals surface area contributed by atoms with E-state index in [2.05, 4.69) is 28.2 Å². The highest BCUT2D eigenvalue weighted by Gasteiger charge is 2.17. The molecule has 4 heteroatoms. The van der Waals surface area contributed by atoms with Gasteiger partial charge in [0.15, 0.2) is 0 Å². The minimum atomic E-state index is 0.0956. The van der Waals surface area contributed by atoms with E-state index in [1.165, 1.54) is 0 Å². The number of nitrogens with one attached hydrogen (secondary N) is 1. The molecule has 0 spiro atoms. The van der Waals surface area contributed by atoms with Gasteiger partial charge in [-0.15, -0.1) is 0 Å². The lowest BCUT2D eigenvalue weighted by molar-refractivity contribution is 0.413. The molecule has 0 saturated heterocycles. The Hall–Kier alpha value is -1.26. The molecular weight excluding hydrogens is 294 g/mol. The van der Waals surface area contributed by atoms with E-state index in [0.29, 0.717) is 0 Å². The molecule has 3 nitrogen and oxygen atoms in total. The minimum Gasteiger partial charge on any atom is -0.497 e. The smallest absolute Gasteiger partial charge is 0.119 e. The first kappa shape index (κ1) is 13.2. The molecule has 18 heavy (non-hydrogen) atoms. The minimum absolute atomic E-state index is 0.0956. The summed E-state index contributed by atoms with van der Waals surface area (Å²) in [5.41, 5.74) is 2.24. The van der Waals surface area contributed by atoms with Gasteiger partial charge >= 0.3 is 0 Å². The van der Waals surface area contributed by atoms with Crippen LogP contribution in [0.1, 0.15) is 24.1 Å². The highest BCUT2D eigenvalue weighted by molar-refractivity contribution is 9.10. The van der Waals surface area contributed by atoms with Crippen LogP contribution in [-0.2, 0) is 0 Å². The summed E-state index contributed by atoms with van der Waals surface area (Å²) in [7, 11) is 1.67. The third-order valence-electron chi connectivity index (χ3n) is 2.80. The molecule has 0 aliphatic carbocycles. The number of hydrogen-bond acceptors (Lipinski definition) is 3. The van der Waals surface area contributed by atoms with Crippen molar-refractivity contribution in [3.05, 3.63) is 52.4 Å². The van der Waals surface area contributed by atoms with Gasteiger partial charge in [-0.1, -0.05) is 22.9 Å². The molecule has 1 atom stereocenters. The first-order valence-corrected chi connectivity index (χ1v) is 6.64. The fourth-order valence-electron chi connectivity index (χ4n) is 1.92. The van der Waals surface area contributed by atoms with Crippen LogP contribution in [0.5, 0.6) is 5.75 Å². The second-order valence-electron chi connectivity index (χ2n) is 3.93. The number of ether oxygens (including phenoxy) is 1. The molecule has 1 aromatic heterocycles. The van der Waals surface area contributed by atoms with E-state index in [9.17, 15) is 0 Å². The lowest BCUT2D eigenvalue weighted by Crippen LogP contribution is -2.21. The first-order chi connectivity index (χ1) is 8.76. The van der Waals surface area contributed by atoms with E-state index in [4.69, 9.17) is 9.15 Å². The topological polar surface area (TPSA) is 34.4 Å². The van der Waals surface area contributed by atoms with Crippen molar-refractivity contribution in [2.24, 2.45) is 0 Å². The van der Waals surface area contributed by atoms with Crippen LogP contribution >= 0.6 is 15.9 Å². The summed E-state index contributed by atoms with van der Waals surface area (Å²) in [4.78, 5) is 0. The molecule has 1 unspecified atom stereocenters. The van der Waals surface area contributed by atoms with Gasteiger partial charge in [0, 0.05) is 10.0 Å². The summed E-state index contributed by atoms with van der Waals surface area (Å²) in [6.45, 7) is 2.96. The fraction of sp³-hybridized carbons (Fsp3) is 0.286. The van der Waals surface area contributed by atoms with Gasteiger partial charge in [0.05, 0.1) is 25.7 Å². The van der Waals surface area contributed by atoms with Crippen molar-refractivity contribution in [2.45, 2.75) is 13.0 Å². The maximum Gasteiger partial charge on any atom is 0.119 e. The predicted octanol–water partition coefficient (Wildman–Crippen LogP) is 3.75. The summed E-state index contributed by atoms with van der Waals surface area (Å²) in [6, 6.07) is 8.03. The third-order valence-corrected chi connectivity index (χ3v) is 3.52. The maximum atomic E-state index is 5.28. The third kappa shape index (κ3) is 2.76. The molecule has 0 aliphatic rings. The van der Waals surface area contributed by atoms with E-state index in [0.717, 1.165) is 27.9 Å². The molecule has 2 rings (SSSR count). The molecule has 1 aromatic carbocycles. The largest absolute Gasteiger partial charge is 0.497 e. The molecule has 96 valence electrons. The molecule has 2 aromatic rings. The number of rotatable bonds is 5. The van der Waals surface area contributed by atoms with Crippen molar-refractivity contribution < 1.29 is 9.15 Å². The zero-order valence-corrected chi connectivity index (χ0v) is 12.0. The average Bonchev–Trinajstić information content (AvgIpc) is 2.91. The van der Waals surface area contributed by atoms with Gasteiger partial charge in [0.2, 0.25) is 0 Å². The Kier molecular flexibility index (Phi) is 4.44. The highest BCUT2D eigenvalue weighted by atomic mass is 79.9. The number of benzene rings is 1. The zero-order chi connectivity index (χ0) is 13.0. The SMILES string of the molecule is CCNC(c1ccoc1)c1cc(OC)ccc1Br. The molecule has 1 heterocycles. The van der Waals surface area contributed by atoms with E-state index in [1.54, 1.807) is 19.6 Å². The van der Waals surface area contributed by atoms with Crippen molar-refractivity contribution in [3.8, 4) is 5.75 Å². The molecule has 0 saturated carbocycles. The quantitative estimate of drug-likeness (QED) is 0.913. The Morgan fingerprint density at radius 2 is 2.22 bits per heavy atom. The van der Waals surface area contributed by atoms with Crippen molar-refractivity contribution in [3.63, 3.8) is 0 Å². The molecule has 0 bridgehead atoms. The van der Waals surface area contributed by atoms with Gasteiger partial charge in [-0.05, 0) is 36.4 Å². The van der Waals surface area contributed by atoms with Gasteiger partial charge in [-0.3, -0.25) is 0 Å². The summed E-state index contributed by atoms with van der Waals surface area (Å²) < 4.78 is 11.5. The Labute approximate surface area is 115 Å². The zero-order valence-electron chi connectivity index (χ0n) is 10.4. The lowest BCUT2D eigenvalue weighted by atomic mass is 10.0.